The number of para-hydroxylation sites is 1. The molecule has 0 spiro atoms. The maximum absolute atomic E-state index is 6.51. The summed E-state index contributed by atoms with van der Waals surface area (Å²) in [5, 5.41) is 2.29. The van der Waals surface area contributed by atoms with E-state index in [2.05, 4.69) is 151 Å². The molecule has 0 unspecified atom stereocenters. The van der Waals surface area contributed by atoms with Crippen molar-refractivity contribution >= 4 is 39.0 Å². The minimum absolute atomic E-state index is 0.848. The van der Waals surface area contributed by atoms with Crippen molar-refractivity contribution in [2.75, 3.05) is 4.90 Å². The van der Waals surface area contributed by atoms with Crippen LogP contribution in [0.5, 0.6) is 11.5 Å². The van der Waals surface area contributed by atoms with Gasteiger partial charge in [-0.15, -0.1) is 0 Å². The van der Waals surface area contributed by atoms with Crippen LogP contribution in [0.25, 0.3) is 55.3 Å². The van der Waals surface area contributed by atoms with Crippen LogP contribution < -0.4 is 9.64 Å². The summed E-state index contributed by atoms with van der Waals surface area (Å²) < 4.78 is 12.5. The van der Waals surface area contributed by atoms with Gasteiger partial charge in [0.2, 0.25) is 0 Å². The largest absolute Gasteiger partial charge is 0.456 e. The molecule has 0 radical (unpaired) electrons. The molecule has 218 valence electrons. The fourth-order valence-electron chi connectivity index (χ4n) is 6.57. The Morgan fingerprint density at radius 3 is 1.74 bits per heavy atom. The van der Waals surface area contributed by atoms with Crippen molar-refractivity contribution in [2.24, 2.45) is 0 Å². The highest BCUT2D eigenvalue weighted by molar-refractivity contribution is 6.06. The van der Waals surface area contributed by atoms with Gasteiger partial charge in [-0.3, -0.25) is 0 Å². The molecule has 0 saturated heterocycles. The summed E-state index contributed by atoms with van der Waals surface area (Å²) >= 11 is 0. The highest BCUT2D eigenvalue weighted by atomic mass is 16.5. The molecule has 1 aliphatic heterocycles. The maximum atomic E-state index is 6.51. The van der Waals surface area contributed by atoms with E-state index in [1.54, 1.807) is 0 Å². The molecule has 0 aliphatic carbocycles. The molecule has 0 atom stereocenters. The Labute approximate surface area is 267 Å². The van der Waals surface area contributed by atoms with Gasteiger partial charge in [0, 0.05) is 16.5 Å². The van der Waals surface area contributed by atoms with Crippen molar-refractivity contribution in [3.8, 4) is 44.9 Å². The topological polar surface area (TPSA) is 25.6 Å². The SMILES string of the molecule is Cc1ccc2c(c1)Oc1cc(-c3ccccc3)ccc1N2c1ccc(-c2ccc(-c3ccc4oc5ccccc5c4c3)cc2)cc1. The summed E-state index contributed by atoms with van der Waals surface area (Å²) in [5.41, 5.74) is 13.1. The highest BCUT2D eigenvalue weighted by Crippen LogP contribution is 2.51. The van der Waals surface area contributed by atoms with Gasteiger partial charge in [-0.2, -0.15) is 0 Å². The van der Waals surface area contributed by atoms with Gasteiger partial charge in [0.15, 0.2) is 11.5 Å². The molecule has 0 N–H and O–H groups in total. The van der Waals surface area contributed by atoms with Crippen LogP contribution in [0.1, 0.15) is 5.56 Å². The molecule has 0 saturated carbocycles. The molecule has 46 heavy (non-hydrogen) atoms. The van der Waals surface area contributed by atoms with Crippen LogP contribution in [0.3, 0.4) is 0 Å². The molecule has 1 aliphatic rings. The zero-order valence-corrected chi connectivity index (χ0v) is 25.3. The van der Waals surface area contributed by atoms with E-state index in [1.165, 1.54) is 27.8 Å². The second-order valence-electron chi connectivity index (χ2n) is 11.9. The molecule has 1 aromatic heterocycles. The molecular formula is C43H29NO2. The van der Waals surface area contributed by atoms with E-state index < -0.39 is 0 Å². The molecular weight excluding hydrogens is 562 g/mol. The summed E-state index contributed by atoms with van der Waals surface area (Å²) in [6.07, 6.45) is 0. The van der Waals surface area contributed by atoms with Crippen LogP contribution in [0.15, 0.2) is 162 Å². The second kappa shape index (κ2) is 10.5. The molecule has 8 aromatic rings. The lowest BCUT2D eigenvalue weighted by molar-refractivity contribution is 0.477. The van der Waals surface area contributed by atoms with Gasteiger partial charge in [-0.05, 0) is 100 Å². The first kappa shape index (κ1) is 26.4. The van der Waals surface area contributed by atoms with E-state index in [9.17, 15) is 0 Å². The first-order valence-corrected chi connectivity index (χ1v) is 15.6. The van der Waals surface area contributed by atoms with E-state index in [4.69, 9.17) is 9.15 Å². The first-order chi connectivity index (χ1) is 22.7. The predicted molar refractivity (Wildman–Crippen MR) is 190 cm³/mol. The Hall–Kier alpha value is -6.06. The maximum Gasteiger partial charge on any atom is 0.152 e. The molecule has 0 fully saturated rings. The molecule has 0 amide bonds. The Morgan fingerprint density at radius 2 is 0.957 bits per heavy atom. The van der Waals surface area contributed by atoms with E-state index >= 15 is 0 Å². The van der Waals surface area contributed by atoms with Crippen LogP contribution in [0.2, 0.25) is 0 Å². The fourth-order valence-corrected chi connectivity index (χ4v) is 6.57. The van der Waals surface area contributed by atoms with Gasteiger partial charge in [-0.1, -0.05) is 103 Å². The van der Waals surface area contributed by atoms with Gasteiger partial charge < -0.3 is 14.1 Å². The van der Waals surface area contributed by atoms with Crippen molar-refractivity contribution in [1.29, 1.82) is 0 Å². The molecule has 7 aromatic carbocycles. The molecule has 9 rings (SSSR count). The van der Waals surface area contributed by atoms with E-state index in [-0.39, 0.29) is 0 Å². The van der Waals surface area contributed by atoms with Crippen LogP contribution in [0.4, 0.5) is 17.1 Å². The number of benzene rings is 7. The number of nitrogens with zero attached hydrogens (tertiary/aromatic N) is 1. The Bertz CT molecular complexity index is 2390. The first-order valence-electron chi connectivity index (χ1n) is 15.6. The van der Waals surface area contributed by atoms with E-state index in [0.717, 1.165) is 61.6 Å². The third-order valence-corrected chi connectivity index (χ3v) is 8.94. The number of aryl methyl sites for hydroxylation is 1. The van der Waals surface area contributed by atoms with Crippen molar-refractivity contribution in [3.05, 3.63) is 163 Å². The smallest absolute Gasteiger partial charge is 0.152 e. The molecule has 3 heteroatoms. The summed E-state index contributed by atoms with van der Waals surface area (Å²) in [6.45, 7) is 2.10. The third kappa shape index (κ3) is 4.44. The van der Waals surface area contributed by atoms with Gasteiger partial charge >= 0.3 is 0 Å². The quantitative estimate of drug-likeness (QED) is 0.204. The zero-order chi connectivity index (χ0) is 30.6. The monoisotopic (exact) mass is 591 g/mol. The number of anilines is 3. The number of furan rings is 1. The number of hydrogen-bond acceptors (Lipinski definition) is 3. The summed E-state index contributed by atoms with van der Waals surface area (Å²) in [5.74, 6) is 1.71. The van der Waals surface area contributed by atoms with Gasteiger partial charge in [0.1, 0.15) is 11.2 Å². The van der Waals surface area contributed by atoms with Gasteiger partial charge in [0.25, 0.3) is 0 Å². The van der Waals surface area contributed by atoms with Crippen molar-refractivity contribution in [1.82, 2.24) is 0 Å². The summed E-state index contributed by atoms with van der Waals surface area (Å²) in [4.78, 5) is 2.30. The van der Waals surface area contributed by atoms with Crippen LogP contribution in [-0.2, 0) is 0 Å². The van der Waals surface area contributed by atoms with Crippen LogP contribution >= 0.6 is 0 Å². The minimum Gasteiger partial charge on any atom is -0.456 e. The lowest BCUT2D eigenvalue weighted by Crippen LogP contribution is -2.16. The predicted octanol–water partition coefficient (Wildman–Crippen LogP) is 12.5. The van der Waals surface area contributed by atoms with Crippen LogP contribution in [-0.4, -0.2) is 0 Å². The number of ether oxygens (including phenoxy) is 1. The number of hydrogen-bond donors (Lipinski definition) is 0. The summed E-state index contributed by atoms with van der Waals surface area (Å²) in [6, 6.07) is 55.6. The molecule has 3 nitrogen and oxygen atoms in total. The molecule has 0 bridgehead atoms. The highest BCUT2D eigenvalue weighted by Gasteiger charge is 2.26. The van der Waals surface area contributed by atoms with Crippen LogP contribution in [0, 0.1) is 6.92 Å². The van der Waals surface area contributed by atoms with E-state index in [1.807, 2.05) is 18.2 Å². The lowest BCUT2D eigenvalue weighted by Gasteiger charge is -2.33. The summed E-state index contributed by atoms with van der Waals surface area (Å²) in [7, 11) is 0. The standard InChI is InChI=1S/C43H29NO2/c1-28-11-22-38-42(25-28)46-43-27-34(29-7-3-2-4-8-29)18-23-39(43)44(38)35-20-16-31(17-21-35)30-12-14-32(15-13-30)33-19-24-41-37(26-33)36-9-5-6-10-40(36)45-41/h2-27H,1H3. The number of rotatable bonds is 4. The minimum atomic E-state index is 0.848. The van der Waals surface area contributed by atoms with Crippen molar-refractivity contribution in [2.45, 2.75) is 6.92 Å². The molecule has 2 heterocycles. The lowest BCUT2D eigenvalue weighted by atomic mass is 9.98. The van der Waals surface area contributed by atoms with E-state index in [0.29, 0.717) is 0 Å². The van der Waals surface area contributed by atoms with Gasteiger partial charge in [0.05, 0.1) is 11.4 Å². The normalized spacial score (nSPS) is 12.2. The van der Waals surface area contributed by atoms with Crippen molar-refractivity contribution in [3.63, 3.8) is 0 Å². The van der Waals surface area contributed by atoms with Crippen molar-refractivity contribution < 1.29 is 9.15 Å². The third-order valence-electron chi connectivity index (χ3n) is 8.94. The zero-order valence-electron chi connectivity index (χ0n) is 25.3. The fraction of sp³-hybridized carbons (Fsp3) is 0.0233. The average Bonchev–Trinajstić information content (AvgIpc) is 3.49. The Morgan fingerprint density at radius 1 is 0.413 bits per heavy atom. The number of fused-ring (bicyclic) bond motifs is 5. The second-order valence-corrected chi connectivity index (χ2v) is 11.9. The van der Waals surface area contributed by atoms with Gasteiger partial charge in [-0.25, -0.2) is 0 Å². The Balaban J connectivity index is 1.04. The Kier molecular flexibility index (Phi) is 6.04. The average molecular weight is 592 g/mol.